The number of halogens is 1. The maximum atomic E-state index is 13.5. The van der Waals surface area contributed by atoms with E-state index in [1.165, 1.54) is 6.07 Å². The molecule has 0 radical (unpaired) electrons. The van der Waals surface area contributed by atoms with E-state index in [0.717, 1.165) is 0 Å². The monoisotopic (exact) mass is 287 g/mol. The maximum Gasteiger partial charge on any atom is 0.270 e. The van der Waals surface area contributed by atoms with Gasteiger partial charge >= 0.3 is 0 Å². The Balaban J connectivity index is 2.02. The first kappa shape index (κ1) is 15.0. The minimum Gasteiger partial charge on any atom is -0.368 e. The standard InChI is InChI=1S/C16H18FN3O/c1-11(2)19-15-9-5-8-14(20-15)16(21)18-10-12-6-3-4-7-13(12)17/h3-9,11H,10H2,1-2H3,(H,18,21)(H,19,20). The van der Waals surface area contributed by atoms with Crippen LogP contribution in [0.3, 0.4) is 0 Å². The molecule has 110 valence electrons. The molecule has 2 rings (SSSR count). The van der Waals surface area contributed by atoms with Crippen molar-refractivity contribution >= 4 is 11.7 Å². The van der Waals surface area contributed by atoms with E-state index in [9.17, 15) is 9.18 Å². The summed E-state index contributed by atoms with van der Waals surface area (Å²) in [6.45, 7) is 4.12. The Bertz CT molecular complexity index is 628. The van der Waals surface area contributed by atoms with E-state index < -0.39 is 0 Å². The Kier molecular flexibility index (Phi) is 4.87. The molecule has 1 aromatic heterocycles. The lowest BCUT2D eigenvalue weighted by molar-refractivity contribution is 0.0945. The molecule has 0 aliphatic heterocycles. The lowest BCUT2D eigenvalue weighted by atomic mass is 10.2. The number of nitrogens with zero attached hydrogens (tertiary/aromatic N) is 1. The number of aromatic nitrogens is 1. The van der Waals surface area contributed by atoms with E-state index in [-0.39, 0.29) is 24.3 Å². The van der Waals surface area contributed by atoms with E-state index in [2.05, 4.69) is 15.6 Å². The van der Waals surface area contributed by atoms with Crippen molar-refractivity contribution in [2.24, 2.45) is 0 Å². The van der Waals surface area contributed by atoms with E-state index >= 15 is 0 Å². The summed E-state index contributed by atoms with van der Waals surface area (Å²) in [6.07, 6.45) is 0. The van der Waals surface area contributed by atoms with Crippen LogP contribution in [0.25, 0.3) is 0 Å². The summed E-state index contributed by atoms with van der Waals surface area (Å²) in [5.74, 6) is -0.0183. The van der Waals surface area contributed by atoms with Crippen LogP contribution in [0, 0.1) is 5.82 Å². The van der Waals surface area contributed by atoms with Crippen molar-refractivity contribution in [2.45, 2.75) is 26.4 Å². The minimum absolute atomic E-state index is 0.134. The van der Waals surface area contributed by atoms with Gasteiger partial charge in [-0.05, 0) is 32.0 Å². The summed E-state index contributed by atoms with van der Waals surface area (Å²) >= 11 is 0. The first-order chi connectivity index (χ1) is 10.1. The second kappa shape index (κ2) is 6.83. The number of anilines is 1. The van der Waals surface area contributed by atoms with Crippen LogP contribution in [-0.2, 0) is 6.54 Å². The predicted octanol–water partition coefficient (Wildman–Crippen LogP) is 2.97. The highest BCUT2D eigenvalue weighted by Gasteiger charge is 2.09. The molecule has 1 heterocycles. The molecule has 21 heavy (non-hydrogen) atoms. The van der Waals surface area contributed by atoms with Crippen LogP contribution < -0.4 is 10.6 Å². The quantitative estimate of drug-likeness (QED) is 0.889. The number of rotatable bonds is 5. The average molecular weight is 287 g/mol. The molecule has 1 aromatic carbocycles. The molecule has 0 saturated heterocycles. The van der Waals surface area contributed by atoms with Crippen LogP contribution in [0.4, 0.5) is 10.2 Å². The van der Waals surface area contributed by atoms with Gasteiger partial charge in [0, 0.05) is 18.2 Å². The molecule has 0 aliphatic carbocycles. The summed E-state index contributed by atoms with van der Waals surface area (Å²) in [7, 11) is 0. The van der Waals surface area contributed by atoms with Gasteiger partial charge in [-0.2, -0.15) is 0 Å². The van der Waals surface area contributed by atoms with Crippen molar-refractivity contribution < 1.29 is 9.18 Å². The maximum absolute atomic E-state index is 13.5. The van der Waals surface area contributed by atoms with E-state index in [1.807, 2.05) is 13.8 Å². The number of carbonyl (C=O) groups is 1. The number of pyridine rings is 1. The molecule has 0 aliphatic rings. The summed E-state index contributed by atoms with van der Waals surface area (Å²) < 4.78 is 13.5. The van der Waals surface area contributed by atoms with E-state index in [1.54, 1.807) is 36.4 Å². The van der Waals surface area contributed by atoms with Crippen molar-refractivity contribution in [1.29, 1.82) is 0 Å². The van der Waals surface area contributed by atoms with Gasteiger partial charge in [-0.3, -0.25) is 4.79 Å². The number of hydrogen-bond acceptors (Lipinski definition) is 3. The fourth-order valence-corrected chi connectivity index (χ4v) is 1.85. The summed E-state index contributed by atoms with van der Waals surface area (Å²) in [4.78, 5) is 16.3. The number of carbonyl (C=O) groups excluding carboxylic acids is 1. The van der Waals surface area contributed by atoms with Crippen molar-refractivity contribution in [1.82, 2.24) is 10.3 Å². The Morgan fingerprint density at radius 1 is 1.19 bits per heavy atom. The molecular formula is C16H18FN3O. The summed E-state index contributed by atoms with van der Waals surface area (Å²) in [5.41, 5.74) is 0.749. The highest BCUT2D eigenvalue weighted by Crippen LogP contribution is 2.08. The van der Waals surface area contributed by atoms with Crippen LogP contribution in [0.5, 0.6) is 0 Å². The number of nitrogens with one attached hydrogen (secondary N) is 2. The highest BCUT2D eigenvalue weighted by molar-refractivity contribution is 5.92. The summed E-state index contributed by atoms with van der Waals surface area (Å²) in [5, 5.41) is 5.80. The fraction of sp³-hybridized carbons (Fsp3) is 0.250. The lowest BCUT2D eigenvalue weighted by Crippen LogP contribution is -2.24. The fourth-order valence-electron chi connectivity index (χ4n) is 1.85. The third-order valence-electron chi connectivity index (χ3n) is 2.82. The van der Waals surface area contributed by atoms with Gasteiger partial charge < -0.3 is 10.6 Å². The molecule has 0 atom stereocenters. The van der Waals surface area contributed by atoms with E-state index in [0.29, 0.717) is 17.1 Å². The molecule has 2 aromatic rings. The molecule has 0 spiro atoms. The van der Waals surface area contributed by atoms with Crippen LogP contribution >= 0.6 is 0 Å². The molecule has 5 heteroatoms. The number of benzene rings is 1. The lowest BCUT2D eigenvalue weighted by Gasteiger charge is -2.10. The van der Waals surface area contributed by atoms with Crippen LogP contribution in [0.15, 0.2) is 42.5 Å². The second-order valence-electron chi connectivity index (χ2n) is 4.98. The average Bonchev–Trinajstić information content (AvgIpc) is 2.45. The molecule has 0 fully saturated rings. The molecule has 0 unspecified atom stereocenters. The third kappa shape index (κ3) is 4.27. The molecule has 4 nitrogen and oxygen atoms in total. The third-order valence-corrected chi connectivity index (χ3v) is 2.82. The van der Waals surface area contributed by atoms with Gasteiger partial charge in [-0.1, -0.05) is 24.3 Å². The van der Waals surface area contributed by atoms with Gasteiger partial charge in [0.2, 0.25) is 0 Å². The number of amides is 1. The molecule has 0 saturated carbocycles. The van der Waals surface area contributed by atoms with Gasteiger partial charge in [-0.25, -0.2) is 9.37 Å². The number of hydrogen-bond donors (Lipinski definition) is 2. The molecular weight excluding hydrogens is 269 g/mol. The van der Waals surface area contributed by atoms with Gasteiger partial charge in [0.25, 0.3) is 5.91 Å². The van der Waals surface area contributed by atoms with Crippen LogP contribution in [0.1, 0.15) is 29.9 Å². The zero-order valence-corrected chi connectivity index (χ0v) is 12.1. The van der Waals surface area contributed by atoms with Gasteiger partial charge in [0.15, 0.2) is 0 Å². The van der Waals surface area contributed by atoms with Crippen molar-refractivity contribution in [2.75, 3.05) is 5.32 Å². The zero-order valence-electron chi connectivity index (χ0n) is 12.1. The molecule has 1 amide bonds. The van der Waals surface area contributed by atoms with Crippen molar-refractivity contribution in [3.63, 3.8) is 0 Å². The van der Waals surface area contributed by atoms with Gasteiger partial charge in [0.1, 0.15) is 17.3 Å². The zero-order chi connectivity index (χ0) is 15.2. The Morgan fingerprint density at radius 3 is 2.67 bits per heavy atom. The SMILES string of the molecule is CC(C)Nc1cccc(C(=O)NCc2ccccc2F)n1. The predicted molar refractivity (Wildman–Crippen MR) is 80.6 cm³/mol. The van der Waals surface area contributed by atoms with Crippen molar-refractivity contribution in [3.8, 4) is 0 Å². The van der Waals surface area contributed by atoms with Crippen molar-refractivity contribution in [3.05, 3.63) is 59.5 Å². The first-order valence-corrected chi connectivity index (χ1v) is 6.81. The second-order valence-corrected chi connectivity index (χ2v) is 4.98. The van der Waals surface area contributed by atoms with Gasteiger partial charge in [-0.15, -0.1) is 0 Å². The molecule has 0 bridgehead atoms. The first-order valence-electron chi connectivity index (χ1n) is 6.81. The summed E-state index contributed by atoms with van der Waals surface area (Å²) in [6, 6.07) is 11.8. The highest BCUT2D eigenvalue weighted by atomic mass is 19.1. The Labute approximate surface area is 123 Å². The normalized spacial score (nSPS) is 10.5. The smallest absolute Gasteiger partial charge is 0.270 e. The largest absolute Gasteiger partial charge is 0.368 e. The Morgan fingerprint density at radius 2 is 1.95 bits per heavy atom. The van der Waals surface area contributed by atoms with E-state index in [4.69, 9.17) is 0 Å². The molecule has 2 N–H and O–H groups in total. The minimum atomic E-state index is -0.332. The Hall–Kier alpha value is -2.43. The topological polar surface area (TPSA) is 54.0 Å². The van der Waals surface area contributed by atoms with Crippen LogP contribution in [0.2, 0.25) is 0 Å². The van der Waals surface area contributed by atoms with Gasteiger partial charge in [0.05, 0.1) is 0 Å². The van der Waals surface area contributed by atoms with Crippen LogP contribution in [-0.4, -0.2) is 16.9 Å².